The second kappa shape index (κ2) is 16.9. The van der Waals surface area contributed by atoms with E-state index < -0.39 is 5.92 Å². The number of hydrogen-bond acceptors (Lipinski definition) is 8. The van der Waals surface area contributed by atoms with Gasteiger partial charge in [0, 0.05) is 11.1 Å². The van der Waals surface area contributed by atoms with Gasteiger partial charge in [0.25, 0.3) is 0 Å². The van der Waals surface area contributed by atoms with Gasteiger partial charge in [-0.3, -0.25) is 9.59 Å². The van der Waals surface area contributed by atoms with E-state index >= 15 is 0 Å². The van der Waals surface area contributed by atoms with Gasteiger partial charge in [-0.1, -0.05) is 48.5 Å². The molecule has 0 saturated heterocycles. The van der Waals surface area contributed by atoms with E-state index in [-0.39, 0.29) is 31.6 Å². The number of carbonyl (C=O) groups is 2. The number of carbonyl (C=O) groups excluding carboxylic acids is 2. The third-order valence-electron chi connectivity index (χ3n) is 4.86. The Hall–Kier alpha value is -2.62. The molecule has 0 saturated carbocycles. The number of ketones is 1. The number of hydrogen-bond donors (Lipinski definition) is 1. The molecule has 34 heavy (non-hydrogen) atoms. The van der Waals surface area contributed by atoms with E-state index in [9.17, 15) is 9.59 Å². The maximum absolute atomic E-state index is 12.6. The van der Waals surface area contributed by atoms with Gasteiger partial charge in [0.2, 0.25) is 0 Å². The van der Waals surface area contributed by atoms with Crippen molar-refractivity contribution in [2.75, 3.05) is 66.1 Å². The minimum atomic E-state index is -0.499. The fourth-order valence-corrected chi connectivity index (χ4v) is 2.99. The van der Waals surface area contributed by atoms with Gasteiger partial charge in [-0.05, 0) is 18.6 Å². The minimum Gasteiger partial charge on any atom is -0.463 e. The summed E-state index contributed by atoms with van der Waals surface area (Å²) in [5.41, 5.74) is 1.86. The van der Waals surface area contributed by atoms with Crippen molar-refractivity contribution in [1.82, 2.24) is 0 Å². The Bertz CT molecular complexity index is 840. The number of aliphatic hydroxyl groups excluding tert-OH is 1. The first kappa shape index (κ1) is 27.6. The highest BCUT2D eigenvalue weighted by atomic mass is 16.6. The van der Waals surface area contributed by atoms with E-state index in [0.717, 1.165) is 5.56 Å². The van der Waals surface area contributed by atoms with Crippen molar-refractivity contribution >= 4 is 11.8 Å². The molecule has 0 radical (unpaired) electrons. The molecule has 2 aromatic carbocycles. The summed E-state index contributed by atoms with van der Waals surface area (Å²) in [7, 11) is 0. The van der Waals surface area contributed by atoms with Crippen LogP contribution in [0.5, 0.6) is 0 Å². The molecule has 0 aliphatic heterocycles. The molecule has 8 nitrogen and oxygen atoms in total. The van der Waals surface area contributed by atoms with Gasteiger partial charge in [0.05, 0.1) is 65.4 Å². The van der Waals surface area contributed by atoms with Crippen LogP contribution >= 0.6 is 0 Å². The zero-order chi connectivity index (χ0) is 24.4. The Kier molecular flexibility index (Phi) is 13.7. The summed E-state index contributed by atoms with van der Waals surface area (Å²) >= 11 is 0. The number of benzene rings is 2. The van der Waals surface area contributed by atoms with Crippen molar-refractivity contribution in [2.45, 2.75) is 12.8 Å². The third kappa shape index (κ3) is 10.5. The zero-order valence-electron chi connectivity index (χ0n) is 19.6. The lowest BCUT2D eigenvalue weighted by Crippen LogP contribution is -2.18. The van der Waals surface area contributed by atoms with Crippen molar-refractivity contribution in [3.8, 4) is 0 Å². The summed E-state index contributed by atoms with van der Waals surface area (Å²) in [5.74, 6) is -0.956. The SMILES string of the molecule is CC(C(=O)OCCOCCOCCOCCOCCO)c1cccc(C(=O)c2ccccc2)c1. The fourth-order valence-electron chi connectivity index (χ4n) is 2.99. The average molecular weight is 475 g/mol. The Morgan fingerprint density at radius 2 is 1.24 bits per heavy atom. The van der Waals surface area contributed by atoms with Gasteiger partial charge >= 0.3 is 5.97 Å². The first-order chi connectivity index (χ1) is 16.6. The van der Waals surface area contributed by atoms with E-state index in [0.29, 0.717) is 57.4 Å². The summed E-state index contributed by atoms with van der Waals surface area (Å²) in [6, 6.07) is 16.1. The molecule has 0 aromatic heterocycles. The molecule has 0 bridgehead atoms. The van der Waals surface area contributed by atoms with Crippen molar-refractivity contribution in [3.05, 3.63) is 71.3 Å². The van der Waals surface area contributed by atoms with E-state index in [2.05, 4.69) is 0 Å². The zero-order valence-corrected chi connectivity index (χ0v) is 19.6. The highest BCUT2D eigenvalue weighted by molar-refractivity contribution is 6.09. The maximum atomic E-state index is 12.6. The summed E-state index contributed by atoms with van der Waals surface area (Å²) < 4.78 is 26.5. The summed E-state index contributed by atoms with van der Waals surface area (Å²) in [6.45, 7) is 5.08. The first-order valence-electron chi connectivity index (χ1n) is 11.4. The number of rotatable bonds is 18. The molecule has 1 N–H and O–H groups in total. The quantitative estimate of drug-likeness (QED) is 0.200. The van der Waals surface area contributed by atoms with Crippen LogP contribution in [0.4, 0.5) is 0 Å². The maximum Gasteiger partial charge on any atom is 0.313 e. The number of esters is 1. The largest absolute Gasteiger partial charge is 0.463 e. The summed E-state index contributed by atoms with van der Waals surface area (Å²) in [4.78, 5) is 25.0. The molecule has 1 atom stereocenters. The van der Waals surface area contributed by atoms with Crippen LogP contribution in [0.15, 0.2) is 54.6 Å². The number of ether oxygens (including phenoxy) is 5. The summed E-state index contributed by atoms with van der Waals surface area (Å²) in [6.07, 6.45) is 0. The molecular formula is C26H34O8. The molecule has 0 aliphatic carbocycles. The van der Waals surface area contributed by atoms with E-state index in [1.165, 1.54) is 0 Å². The molecule has 0 fully saturated rings. The molecule has 0 amide bonds. The highest BCUT2D eigenvalue weighted by Crippen LogP contribution is 2.20. The molecule has 0 heterocycles. The van der Waals surface area contributed by atoms with E-state index in [4.69, 9.17) is 28.8 Å². The predicted molar refractivity (Wildman–Crippen MR) is 126 cm³/mol. The second-order valence-electron chi connectivity index (χ2n) is 7.38. The van der Waals surface area contributed by atoms with Crippen molar-refractivity contribution in [2.24, 2.45) is 0 Å². The van der Waals surface area contributed by atoms with Crippen molar-refractivity contribution in [1.29, 1.82) is 0 Å². The Labute approximate surface area is 200 Å². The van der Waals surface area contributed by atoms with Crippen LogP contribution < -0.4 is 0 Å². The Balaban J connectivity index is 1.57. The monoisotopic (exact) mass is 474 g/mol. The molecule has 8 heteroatoms. The smallest absolute Gasteiger partial charge is 0.313 e. The molecular weight excluding hydrogens is 440 g/mol. The molecule has 2 rings (SSSR count). The lowest BCUT2D eigenvalue weighted by Gasteiger charge is -2.13. The van der Waals surface area contributed by atoms with Gasteiger partial charge in [0.15, 0.2) is 5.78 Å². The molecule has 0 spiro atoms. The standard InChI is InChI=1S/C26H34O8/c1-21(23-8-5-9-24(20-23)25(28)22-6-3-2-4-7-22)26(29)34-19-18-33-17-16-32-15-14-31-13-12-30-11-10-27/h2-9,20-21,27H,10-19H2,1H3. The lowest BCUT2D eigenvalue weighted by molar-refractivity contribution is -0.146. The van der Waals surface area contributed by atoms with Crippen LogP contribution in [0.1, 0.15) is 34.3 Å². The normalized spacial score (nSPS) is 11.8. The van der Waals surface area contributed by atoms with Crippen LogP contribution in [0.3, 0.4) is 0 Å². The van der Waals surface area contributed by atoms with E-state index in [1.54, 1.807) is 37.3 Å². The van der Waals surface area contributed by atoms with Gasteiger partial charge in [-0.25, -0.2) is 0 Å². The van der Waals surface area contributed by atoms with Crippen molar-refractivity contribution < 1.29 is 38.4 Å². The van der Waals surface area contributed by atoms with Gasteiger partial charge in [-0.15, -0.1) is 0 Å². The van der Waals surface area contributed by atoms with E-state index in [1.807, 2.05) is 24.3 Å². The van der Waals surface area contributed by atoms with Crippen LogP contribution in [0.25, 0.3) is 0 Å². The highest BCUT2D eigenvalue weighted by Gasteiger charge is 2.18. The summed E-state index contributed by atoms with van der Waals surface area (Å²) in [5, 5.41) is 8.57. The van der Waals surface area contributed by atoms with Crippen LogP contribution in [0, 0.1) is 0 Å². The van der Waals surface area contributed by atoms with Gasteiger partial charge < -0.3 is 28.8 Å². The second-order valence-corrected chi connectivity index (χ2v) is 7.38. The van der Waals surface area contributed by atoms with Gasteiger partial charge in [0.1, 0.15) is 6.61 Å². The molecule has 2 aromatic rings. The third-order valence-corrected chi connectivity index (χ3v) is 4.86. The number of aliphatic hydroxyl groups is 1. The van der Waals surface area contributed by atoms with Crippen LogP contribution in [-0.2, 0) is 28.5 Å². The van der Waals surface area contributed by atoms with Crippen LogP contribution in [0.2, 0.25) is 0 Å². The molecule has 1 unspecified atom stereocenters. The van der Waals surface area contributed by atoms with Crippen molar-refractivity contribution in [3.63, 3.8) is 0 Å². The lowest BCUT2D eigenvalue weighted by atomic mass is 9.96. The molecule has 186 valence electrons. The fraction of sp³-hybridized carbons (Fsp3) is 0.462. The predicted octanol–water partition coefficient (Wildman–Crippen LogP) is 2.62. The topological polar surface area (TPSA) is 101 Å². The average Bonchev–Trinajstić information content (AvgIpc) is 2.88. The minimum absolute atomic E-state index is 0.00651. The Morgan fingerprint density at radius 3 is 1.82 bits per heavy atom. The molecule has 0 aliphatic rings. The first-order valence-corrected chi connectivity index (χ1v) is 11.4. The van der Waals surface area contributed by atoms with Gasteiger partial charge in [-0.2, -0.15) is 0 Å². The Morgan fingerprint density at radius 1 is 0.706 bits per heavy atom. The van der Waals surface area contributed by atoms with Crippen LogP contribution in [-0.4, -0.2) is 82.9 Å².